The molecular weight excluding hydrogens is 148 g/mol. The molecule has 0 heterocycles. The second-order valence-corrected chi connectivity index (χ2v) is 4.17. The molecule has 1 N–H and O–H groups in total. The van der Waals surface area contributed by atoms with Gasteiger partial charge in [-0.3, -0.25) is 0 Å². The van der Waals surface area contributed by atoms with E-state index in [-0.39, 0.29) is 0 Å². The Morgan fingerprint density at radius 1 is 1.17 bits per heavy atom. The molecule has 0 aromatic rings. The summed E-state index contributed by atoms with van der Waals surface area (Å²) in [4.78, 5) is 2.29. The molecule has 0 aliphatic rings. The monoisotopic (exact) mass is 172 g/mol. The topological polar surface area (TPSA) is 15.3 Å². The van der Waals surface area contributed by atoms with Gasteiger partial charge in [0.1, 0.15) is 0 Å². The van der Waals surface area contributed by atoms with Crippen molar-refractivity contribution in [3.63, 3.8) is 0 Å². The largest absolute Gasteiger partial charge is 0.319 e. The molecule has 0 aromatic heterocycles. The fourth-order valence-corrected chi connectivity index (χ4v) is 1.58. The van der Waals surface area contributed by atoms with Crippen LogP contribution in [0.2, 0.25) is 0 Å². The molecule has 2 unspecified atom stereocenters. The van der Waals surface area contributed by atoms with Crippen molar-refractivity contribution in [3.8, 4) is 0 Å². The van der Waals surface area contributed by atoms with Crippen LogP contribution in [-0.4, -0.2) is 38.6 Å². The highest BCUT2D eigenvalue weighted by Crippen LogP contribution is 2.17. The number of nitrogens with one attached hydrogen (secondary N) is 1. The van der Waals surface area contributed by atoms with E-state index in [0.717, 1.165) is 18.4 Å². The molecule has 0 aliphatic heterocycles. The molecule has 0 bridgehead atoms. The Morgan fingerprint density at radius 2 is 1.67 bits per heavy atom. The Labute approximate surface area is 77.3 Å². The minimum atomic E-state index is 0.650. The van der Waals surface area contributed by atoms with Crippen LogP contribution in [0.25, 0.3) is 0 Å². The maximum atomic E-state index is 3.26. The number of nitrogens with zero attached hydrogens (tertiary/aromatic N) is 1. The van der Waals surface area contributed by atoms with Gasteiger partial charge in [-0.15, -0.1) is 0 Å². The van der Waals surface area contributed by atoms with E-state index < -0.39 is 0 Å². The zero-order valence-electron chi connectivity index (χ0n) is 9.39. The second kappa shape index (κ2) is 5.55. The lowest BCUT2D eigenvalue weighted by Crippen LogP contribution is -2.40. The molecular formula is C10H24N2. The van der Waals surface area contributed by atoms with Crippen LogP contribution in [0.3, 0.4) is 0 Å². The van der Waals surface area contributed by atoms with Gasteiger partial charge >= 0.3 is 0 Å². The van der Waals surface area contributed by atoms with Crippen molar-refractivity contribution in [2.24, 2.45) is 11.8 Å². The minimum Gasteiger partial charge on any atom is -0.319 e. The predicted octanol–water partition coefficient (Wildman–Crippen LogP) is 1.43. The van der Waals surface area contributed by atoms with E-state index in [0.29, 0.717) is 6.04 Å². The lowest BCUT2D eigenvalue weighted by Gasteiger charge is -2.32. The summed E-state index contributed by atoms with van der Waals surface area (Å²) in [6, 6.07) is 0.650. The first-order valence-corrected chi connectivity index (χ1v) is 4.81. The standard InChI is InChI=1S/C10H24N2/c1-8(2)10(7-11-4)9(3)12(5)6/h8-11H,7H2,1-6H3. The van der Waals surface area contributed by atoms with Crippen molar-refractivity contribution in [2.75, 3.05) is 27.7 Å². The van der Waals surface area contributed by atoms with Gasteiger partial charge in [0.05, 0.1) is 0 Å². The van der Waals surface area contributed by atoms with Crippen molar-refractivity contribution in [2.45, 2.75) is 26.8 Å². The highest BCUT2D eigenvalue weighted by molar-refractivity contribution is 4.75. The molecule has 2 nitrogen and oxygen atoms in total. The summed E-state index contributed by atoms with van der Waals surface area (Å²) in [5.74, 6) is 1.49. The zero-order chi connectivity index (χ0) is 9.72. The molecule has 0 fully saturated rings. The summed E-state index contributed by atoms with van der Waals surface area (Å²) in [5, 5.41) is 3.26. The third-order valence-corrected chi connectivity index (χ3v) is 2.73. The highest BCUT2D eigenvalue weighted by atomic mass is 15.1. The van der Waals surface area contributed by atoms with Crippen molar-refractivity contribution in [3.05, 3.63) is 0 Å². The summed E-state index contributed by atoms with van der Waals surface area (Å²) in [6.07, 6.45) is 0. The van der Waals surface area contributed by atoms with E-state index in [1.807, 2.05) is 7.05 Å². The lowest BCUT2D eigenvalue weighted by molar-refractivity contribution is 0.183. The van der Waals surface area contributed by atoms with Crippen molar-refractivity contribution < 1.29 is 0 Å². The average molecular weight is 172 g/mol. The molecule has 0 amide bonds. The number of hydrogen-bond donors (Lipinski definition) is 1. The van der Waals surface area contributed by atoms with E-state index in [1.165, 1.54) is 0 Å². The van der Waals surface area contributed by atoms with Crippen molar-refractivity contribution in [1.29, 1.82) is 0 Å². The third-order valence-electron chi connectivity index (χ3n) is 2.73. The van der Waals surface area contributed by atoms with Crippen LogP contribution < -0.4 is 5.32 Å². The fourth-order valence-electron chi connectivity index (χ4n) is 1.58. The van der Waals surface area contributed by atoms with E-state index >= 15 is 0 Å². The Hall–Kier alpha value is -0.0800. The molecule has 74 valence electrons. The first kappa shape index (κ1) is 11.9. The van der Waals surface area contributed by atoms with Gasteiger partial charge in [0.15, 0.2) is 0 Å². The number of hydrogen-bond acceptors (Lipinski definition) is 2. The number of rotatable bonds is 5. The molecule has 0 radical (unpaired) electrons. The smallest absolute Gasteiger partial charge is 0.0104 e. The van der Waals surface area contributed by atoms with E-state index in [1.54, 1.807) is 0 Å². The molecule has 0 saturated heterocycles. The Balaban J connectivity index is 4.09. The van der Waals surface area contributed by atoms with E-state index in [2.05, 4.69) is 45.1 Å². The quantitative estimate of drug-likeness (QED) is 0.675. The van der Waals surface area contributed by atoms with Crippen LogP contribution in [0.4, 0.5) is 0 Å². The Bertz CT molecular complexity index is 110. The highest BCUT2D eigenvalue weighted by Gasteiger charge is 2.21. The van der Waals surface area contributed by atoms with E-state index in [9.17, 15) is 0 Å². The molecule has 2 heteroatoms. The van der Waals surface area contributed by atoms with Gasteiger partial charge in [-0.25, -0.2) is 0 Å². The third kappa shape index (κ3) is 3.55. The molecule has 0 rings (SSSR count). The maximum absolute atomic E-state index is 3.26. The summed E-state index contributed by atoms with van der Waals surface area (Å²) in [5.41, 5.74) is 0. The molecule has 0 saturated carbocycles. The minimum absolute atomic E-state index is 0.650. The van der Waals surface area contributed by atoms with Crippen LogP contribution in [-0.2, 0) is 0 Å². The fraction of sp³-hybridized carbons (Fsp3) is 1.00. The van der Waals surface area contributed by atoms with Gasteiger partial charge in [0.2, 0.25) is 0 Å². The summed E-state index contributed by atoms with van der Waals surface area (Å²) >= 11 is 0. The summed E-state index contributed by atoms with van der Waals surface area (Å²) < 4.78 is 0. The van der Waals surface area contributed by atoms with E-state index in [4.69, 9.17) is 0 Å². The van der Waals surface area contributed by atoms with Gasteiger partial charge in [0, 0.05) is 6.04 Å². The van der Waals surface area contributed by atoms with Crippen LogP contribution in [0, 0.1) is 11.8 Å². The summed E-state index contributed by atoms with van der Waals surface area (Å²) in [7, 11) is 6.32. The van der Waals surface area contributed by atoms with Gasteiger partial charge in [0.25, 0.3) is 0 Å². The second-order valence-electron chi connectivity index (χ2n) is 4.17. The zero-order valence-corrected chi connectivity index (χ0v) is 9.39. The Kier molecular flexibility index (Phi) is 5.51. The molecule has 2 atom stereocenters. The van der Waals surface area contributed by atoms with Crippen molar-refractivity contribution >= 4 is 0 Å². The molecule has 0 aliphatic carbocycles. The van der Waals surface area contributed by atoms with Gasteiger partial charge < -0.3 is 10.2 Å². The lowest BCUT2D eigenvalue weighted by atomic mass is 9.89. The van der Waals surface area contributed by atoms with Gasteiger partial charge in [-0.2, -0.15) is 0 Å². The molecule has 12 heavy (non-hydrogen) atoms. The first-order chi connectivity index (χ1) is 5.50. The molecule has 0 spiro atoms. The normalized spacial score (nSPS) is 17.0. The predicted molar refractivity (Wildman–Crippen MR) is 55.4 cm³/mol. The van der Waals surface area contributed by atoms with Crippen LogP contribution >= 0.6 is 0 Å². The summed E-state index contributed by atoms with van der Waals surface area (Å²) in [6.45, 7) is 7.99. The van der Waals surface area contributed by atoms with Crippen LogP contribution in [0.1, 0.15) is 20.8 Å². The Morgan fingerprint density at radius 3 is 1.92 bits per heavy atom. The first-order valence-electron chi connectivity index (χ1n) is 4.81. The van der Waals surface area contributed by atoms with Crippen molar-refractivity contribution in [1.82, 2.24) is 10.2 Å². The maximum Gasteiger partial charge on any atom is 0.0104 e. The van der Waals surface area contributed by atoms with Gasteiger partial charge in [-0.05, 0) is 46.4 Å². The molecule has 0 aromatic carbocycles. The SMILES string of the molecule is CNCC(C(C)C)C(C)N(C)C. The van der Waals surface area contributed by atoms with Crippen LogP contribution in [0.15, 0.2) is 0 Å². The van der Waals surface area contributed by atoms with Crippen LogP contribution in [0.5, 0.6) is 0 Å². The average Bonchev–Trinajstić information content (AvgIpc) is 1.98. The van der Waals surface area contributed by atoms with Gasteiger partial charge in [-0.1, -0.05) is 13.8 Å².